The number of Topliss-reactive ketones (excluding diaryl/α,β-unsaturated/α-hetero) is 1. The van der Waals surface area contributed by atoms with E-state index < -0.39 is 5.92 Å². The molecule has 1 aliphatic carbocycles. The van der Waals surface area contributed by atoms with Gasteiger partial charge in [-0.1, -0.05) is 25.1 Å². The van der Waals surface area contributed by atoms with Crippen molar-refractivity contribution in [3.05, 3.63) is 70.2 Å². The van der Waals surface area contributed by atoms with Crippen LogP contribution in [0.1, 0.15) is 43.9 Å². The Labute approximate surface area is 193 Å². The highest BCUT2D eigenvalue weighted by molar-refractivity contribution is 6.09. The van der Waals surface area contributed by atoms with Gasteiger partial charge in [-0.3, -0.25) is 9.59 Å². The number of ketones is 1. The third kappa shape index (κ3) is 4.23. The fraction of sp³-hybridized carbons (Fsp3) is 0.346. The molecule has 2 aliphatic rings. The number of para-hydroxylation sites is 1. The number of benzene rings is 1. The van der Waals surface area contributed by atoms with Crippen molar-refractivity contribution in [2.24, 2.45) is 5.92 Å². The van der Waals surface area contributed by atoms with Crippen molar-refractivity contribution in [3.8, 4) is 11.5 Å². The number of nitrogens with zero attached hydrogens (tertiary/aromatic N) is 1. The fourth-order valence-electron chi connectivity index (χ4n) is 4.78. The van der Waals surface area contributed by atoms with Crippen molar-refractivity contribution >= 4 is 17.5 Å². The molecule has 4 rings (SSSR count). The topological polar surface area (TPSA) is 89.5 Å². The minimum Gasteiger partial charge on any atom is -0.493 e. The first-order chi connectivity index (χ1) is 15.8. The number of anilines is 1. The Kier molecular flexibility index (Phi) is 6.22. The number of aryl methyl sites for hydroxylation is 1. The second-order valence-electron chi connectivity index (χ2n) is 8.63. The van der Waals surface area contributed by atoms with Crippen molar-refractivity contribution < 1.29 is 19.1 Å². The molecule has 0 radical (unpaired) electrons. The van der Waals surface area contributed by atoms with Crippen LogP contribution in [-0.2, 0) is 9.59 Å². The van der Waals surface area contributed by atoms with Crippen LogP contribution >= 0.6 is 0 Å². The van der Waals surface area contributed by atoms with Crippen LogP contribution in [0.4, 0.5) is 5.82 Å². The quantitative estimate of drug-likeness (QED) is 0.712. The summed E-state index contributed by atoms with van der Waals surface area (Å²) in [6.07, 6.45) is 1.19. The van der Waals surface area contributed by atoms with Gasteiger partial charge in [0.15, 0.2) is 17.3 Å². The molecule has 0 bridgehead atoms. The second kappa shape index (κ2) is 9.10. The van der Waals surface area contributed by atoms with Crippen LogP contribution in [0.25, 0.3) is 0 Å². The van der Waals surface area contributed by atoms with Crippen LogP contribution in [0.3, 0.4) is 0 Å². The molecule has 1 aromatic carbocycles. The lowest BCUT2D eigenvalue weighted by atomic mass is 9.72. The number of carbonyl (C=O) groups is 2. The van der Waals surface area contributed by atoms with E-state index in [4.69, 9.17) is 9.47 Å². The minimum absolute atomic E-state index is 0.0394. The number of methoxy groups -OCH3 is 2. The normalized spacial score (nSPS) is 20.2. The summed E-state index contributed by atoms with van der Waals surface area (Å²) in [6.45, 7) is 5.80. The monoisotopic (exact) mass is 447 g/mol. The smallest absolute Gasteiger partial charge is 0.255 e. The van der Waals surface area contributed by atoms with Crippen LogP contribution < -0.4 is 20.1 Å². The molecule has 0 unspecified atom stereocenters. The van der Waals surface area contributed by atoms with Gasteiger partial charge < -0.3 is 20.1 Å². The summed E-state index contributed by atoms with van der Waals surface area (Å²) in [7, 11) is 3.13. The molecule has 0 saturated heterocycles. The first-order valence-electron chi connectivity index (χ1n) is 11.0. The summed E-state index contributed by atoms with van der Waals surface area (Å²) >= 11 is 0. The van der Waals surface area contributed by atoms with Gasteiger partial charge in [-0.15, -0.1) is 0 Å². The van der Waals surface area contributed by atoms with Crippen LogP contribution in [0.5, 0.6) is 11.5 Å². The number of allylic oxidation sites excluding steroid dienone is 3. The Morgan fingerprint density at radius 1 is 1.09 bits per heavy atom. The van der Waals surface area contributed by atoms with Gasteiger partial charge in [-0.05, 0) is 44.4 Å². The van der Waals surface area contributed by atoms with Gasteiger partial charge in [0.25, 0.3) is 5.91 Å². The number of ether oxygens (including phenoxy) is 2. The van der Waals surface area contributed by atoms with E-state index in [1.165, 1.54) is 0 Å². The Morgan fingerprint density at radius 2 is 1.85 bits per heavy atom. The van der Waals surface area contributed by atoms with Gasteiger partial charge in [-0.2, -0.15) is 0 Å². The first-order valence-corrected chi connectivity index (χ1v) is 11.0. The maximum atomic E-state index is 13.6. The minimum atomic E-state index is -0.587. The zero-order valence-electron chi connectivity index (χ0n) is 19.6. The highest BCUT2D eigenvalue weighted by atomic mass is 16.5. The molecule has 7 heteroatoms. The van der Waals surface area contributed by atoms with Crippen LogP contribution in [0.15, 0.2) is 58.9 Å². The van der Waals surface area contributed by atoms with E-state index in [9.17, 15) is 9.59 Å². The highest BCUT2D eigenvalue weighted by Gasteiger charge is 2.41. The molecule has 0 spiro atoms. The number of hydrogen-bond donors (Lipinski definition) is 2. The molecule has 172 valence electrons. The van der Waals surface area contributed by atoms with Gasteiger partial charge in [0.2, 0.25) is 0 Å². The Hall–Kier alpha value is -3.61. The third-order valence-corrected chi connectivity index (χ3v) is 6.15. The van der Waals surface area contributed by atoms with Gasteiger partial charge in [0, 0.05) is 40.2 Å². The van der Waals surface area contributed by atoms with Crippen LogP contribution in [0, 0.1) is 12.8 Å². The summed E-state index contributed by atoms with van der Waals surface area (Å²) in [5, 5.41) is 6.27. The molecule has 0 fully saturated rings. The molecule has 2 atom stereocenters. The fourth-order valence-corrected chi connectivity index (χ4v) is 4.78. The third-order valence-electron chi connectivity index (χ3n) is 6.15. The molecule has 7 nitrogen and oxygen atoms in total. The SMILES string of the molecule is COc1cccc([C@H]2C(C(=O)Nc3cccc(C)n3)=C(C)NC3=C2C(=O)C[C@@H](C)C3)c1OC. The predicted octanol–water partition coefficient (Wildman–Crippen LogP) is 4.26. The van der Waals surface area contributed by atoms with E-state index in [1.807, 2.05) is 38.1 Å². The zero-order chi connectivity index (χ0) is 23.7. The average molecular weight is 448 g/mol. The number of aromatic nitrogens is 1. The van der Waals surface area contributed by atoms with E-state index in [2.05, 4.69) is 22.5 Å². The molecule has 2 heterocycles. The van der Waals surface area contributed by atoms with Gasteiger partial charge in [-0.25, -0.2) is 4.98 Å². The largest absolute Gasteiger partial charge is 0.493 e. The summed E-state index contributed by atoms with van der Waals surface area (Å²) in [4.78, 5) is 31.3. The van der Waals surface area contributed by atoms with Crippen molar-refractivity contribution in [1.29, 1.82) is 0 Å². The number of nitrogens with one attached hydrogen (secondary N) is 2. The Morgan fingerprint density at radius 3 is 2.55 bits per heavy atom. The van der Waals surface area contributed by atoms with Gasteiger partial charge in [0.05, 0.1) is 20.1 Å². The van der Waals surface area contributed by atoms with E-state index in [0.717, 1.165) is 23.4 Å². The molecule has 33 heavy (non-hydrogen) atoms. The Balaban J connectivity index is 1.87. The number of dihydropyridines is 1. The lowest BCUT2D eigenvalue weighted by Gasteiger charge is -2.36. The van der Waals surface area contributed by atoms with Gasteiger partial charge >= 0.3 is 0 Å². The summed E-state index contributed by atoms with van der Waals surface area (Å²) in [5.74, 6) is 0.887. The number of hydrogen-bond acceptors (Lipinski definition) is 6. The van der Waals surface area contributed by atoms with Gasteiger partial charge in [0.1, 0.15) is 5.82 Å². The van der Waals surface area contributed by atoms with Crippen LogP contribution in [0.2, 0.25) is 0 Å². The molecule has 1 aromatic heterocycles. The van der Waals surface area contributed by atoms with Crippen molar-refractivity contribution in [2.75, 3.05) is 19.5 Å². The number of carbonyl (C=O) groups excluding carboxylic acids is 2. The molecular formula is C26H29N3O4. The lowest BCUT2D eigenvalue weighted by molar-refractivity contribution is -0.117. The maximum absolute atomic E-state index is 13.6. The number of amides is 1. The maximum Gasteiger partial charge on any atom is 0.255 e. The van der Waals surface area contributed by atoms with Crippen LogP contribution in [-0.4, -0.2) is 30.9 Å². The molecule has 1 aliphatic heterocycles. The van der Waals surface area contributed by atoms with Crippen molar-refractivity contribution in [2.45, 2.75) is 39.5 Å². The number of rotatable bonds is 5. The number of pyridine rings is 1. The Bertz CT molecular complexity index is 1180. The standard InChI is InChI=1S/C26H29N3O4/c1-14-12-18-24(19(30)13-14)23(17-9-7-10-20(32-4)25(17)33-5)22(16(3)28-18)26(31)29-21-11-6-8-15(2)27-21/h6-11,14,23,28H,12-13H2,1-5H3,(H,27,29,31)/t14-,23-/m0/s1. The molecular weight excluding hydrogens is 418 g/mol. The van der Waals surface area contributed by atoms with E-state index in [1.54, 1.807) is 26.4 Å². The van der Waals surface area contributed by atoms with E-state index in [0.29, 0.717) is 40.6 Å². The molecule has 0 saturated carbocycles. The highest BCUT2D eigenvalue weighted by Crippen LogP contribution is 2.48. The first kappa shape index (κ1) is 22.6. The zero-order valence-corrected chi connectivity index (χ0v) is 19.6. The molecule has 2 N–H and O–H groups in total. The summed E-state index contributed by atoms with van der Waals surface area (Å²) in [6, 6.07) is 11.0. The second-order valence-corrected chi connectivity index (χ2v) is 8.63. The average Bonchev–Trinajstić information content (AvgIpc) is 2.77. The lowest BCUT2D eigenvalue weighted by Crippen LogP contribution is -2.37. The summed E-state index contributed by atoms with van der Waals surface area (Å²) in [5.41, 5.74) is 4.18. The van der Waals surface area contributed by atoms with Crippen molar-refractivity contribution in [3.63, 3.8) is 0 Å². The van der Waals surface area contributed by atoms with E-state index >= 15 is 0 Å². The van der Waals surface area contributed by atoms with E-state index in [-0.39, 0.29) is 17.6 Å². The van der Waals surface area contributed by atoms with Crippen molar-refractivity contribution in [1.82, 2.24) is 10.3 Å². The molecule has 1 amide bonds. The summed E-state index contributed by atoms with van der Waals surface area (Å²) < 4.78 is 11.2. The predicted molar refractivity (Wildman–Crippen MR) is 126 cm³/mol. The molecule has 2 aromatic rings.